The summed E-state index contributed by atoms with van der Waals surface area (Å²) >= 11 is 0. The lowest BCUT2D eigenvalue weighted by Gasteiger charge is -2.69. The van der Waals surface area contributed by atoms with Gasteiger partial charge in [0.25, 0.3) is 0 Å². The van der Waals surface area contributed by atoms with Crippen molar-refractivity contribution >= 4 is 11.9 Å². The summed E-state index contributed by atoms with van der Waals surface area (Å²) in [4.78, 5) is 29.1. The third-order valence-corrected chi connectivity index (χ3v) is 7.28. The van der Waals surface area contributed by atoms with E-state index < -0.39 is 17.6 Å². The van der Waals surface area contributed by atoms with E-state index in [1.807, 2.05) is 0 Å². The summed E-state index contributed by atoms with van der Waals surface area (Å²) in [7, 11) is 0. The maximum Gasteiger partial charge on any atom is 0.306 e. The summed E-state index contributed by atoms with van der Waals surface area (Å²) in [6.07, 6.45) is 5.38. The van der Waals surface area contributed by atoms with Crippen LogP contribution >= 0.6 is 0 Å². The van der Waals surface area contributed by atoms with Crippen LogP contribution < -0.4 is 0 Å². The fourth-order valence-corrected chi connectivity index (χ4v) is 7.21. The molecule has 0 bridgehead atoms. The van der Waals surface area contributed by atoms with Gasteiger partial charge in [0.05, 0.1) is 18.5 Å². The predicted octanol–water partition coefficient (Wildman–Crippen LogP) is 4.72. The molecular weight excluding hydrogens is 368 g/mol. The van der Waals surface area contributed by atoms with Crippen molar-refractivity contribution in [1.29, 1.82) is 0 Å². The SMILES string of the molecule is CC1(C)CCCC(C)(C)N1C(CC(=O)O)(CC(=O)O)N1C(C)(C)CCCC1(C)C. The van der Waals surface area contributed by atoms with Gasteiger partial charge in [-0.3, -0.25) is 19.4 Å². The Morgan fingerprint density at radius 2 is 0.897 bits per heavy atom. The predicted molar refractivity (Wildman–Crippen MR) is 115 cm³/mol. The smallest absolute Gasteiger partial charge is 0.306 e. The molecule has 6 nitrogen and oxygen atoms in total. The molecule has 2 fully saturated rings. The van der Waals surface area contributed by atoms with Crippen molar-refractivity contribution in [3.05, 3.63) is 0 Å². The molecule has 0 aromatic heterocycles. The molecule has 0 aromatic rings. The second-order valence-electron chi connectivity index (χ2n) is 11.8. The molecule has 29 heavy (non-hydrogen) atoms. The Kier molecular flexibility index (Phi) is 6.26. The van der Waals surface area contributed by atoms with Gasteiger partial charge in [0.15, 0.2) is 0 Å². The number of carbonyl (C=O) groups is 2. The second kappa shape index (κ2) is 7.52. The zero-order valence-electron chi connectivity index (χ0n) is 19.8. The number of likely N-dealkylation sites (tertiary alicyclic amines) is 2. The van der Waals surface area contributed by atoms with E-state index in [-0.39, 0.29) is 35.0 Å². The third kappa shape index (κ3) is 4.48. The van der Waals surface area contributed by atoms with E-state index in [1.165, 1.54) is 0 Å². The Labute approximate surface area is 176 Å². The summed E-state index contributed by atoms with van der Waals surface area (Å²) in [5.74, 6) is -1.89. The van der Waals surface area contributed by atoms with Crippen LogP contribution in [0.2, 0.25) is 0 Å². The van der Waals surface area contributed by atoms with E-state index in [0.29, 0.717) is 0 Å². The summed E-state index contributed by atoms with van der Waals surface area (Å²) in [5, 5.41) is 20.1. The van der Waals surface area contributed by atoms with Gasteiger partial charge in [-0.2, -0.15) is 0 Å². The Bertz CT molecular complexity index is 563. The molecule has 168 valence electrons. The van der Waals surface area contributed by atoms with Crippen LogP contribution in [-0.4, -0.2) is 59.8 Å². The number of rotatable bonds is 6. The third-order valence-electron chi connectivity index (χ3n) is 7.28. The number of piperidine rings is 2. The summed E-state index contributed by atoms with van der Waals surface area (Å²) in [6, 6.07) is 0. The molecule has 2 heterocycles. The molecule has 2 rings (SSSR count). The number of hydrogen-bond acceptors (Lipinski definition) is 4. The van der Waals surface area contributed by atoms with Crippen LogP contribution in [-0.2, 0) is 9.59 Å². The Hall–Kier alpha value is -1.14. The standard InChI is InChI=1S/C23H42N2O4/c1-19(2)11-9-12-20(3,4)24(19)23(15-17(26)27,16-18(28)29)25-21(5,6)13-10-14-22(25,7)8/h9-16H2,1-8H3,(H,26,27)(H,28,29). The van der Waals surface area contributed by atoms with Crippen molar-refractivity contribution < 1.29 is 19.8 Å². The Morgan fingerprint density at radius 1 is 0.655 bits per heavy atom. The van der Waals surface area contributed by atoms with E-state index >= 15 is 0 Å². The topological polar surface area (TPSA) is 81.1 Å². The monoisotopic (exact) mass is 410 g/mol. The van der Waals surface area contributed by atoms with Gasteiger partial charge in [0.1, 0.15) is 0 Å². The van der Waals surface area contributed by atoms with E-state index in [1.54, 1.807) is 0 Å². The van der Waals surface area contributed by atoms with Crippen molar-refractivity contribution in [2.75, 3.05) is 0 Å². The van der Waals surface area contributed by atoms with Gasteiger partial charge in [-0.05, 0) is 93.9 Å². The number of carboxylic acid groups (broad SMARTS) is 2. The van der Waals surface area contributed by atoms with Gasteiger partial charge < -0.3 is 10.2 Å². The van der Waals surface area contributed by atoms with Crippen molar-refractivity contribution in [2.24, 2.45) is 0 Å². The zero-order chi connectivity index (χ0) is 22.5. The lowest BCUT2D eigenvalue weighted by Crippen LogP contribution is -2.80. The average Bonchev–Trinajstić information content (AvgIpc) is 2.40. The molecule has 2 N–H and O–H groups in total. The molecule has 2 aliphatic rings. The first-order valence-corrected chi connectivity index (χ1v) is 11.0. The maximum atomic E-state index is 12.3. The van der Waals surface area contributed by atoms with Crippen molar-refractivity contribution in [2.45, 2.75) is 135 Å². The molecule has 0 aromatic carbocycles. The highest BCUT2D eigenvalue weighted by Gasteiger charge is 2.62. The molecule has 0 amide bonds. The number of aliphatic carboxylic acids is 2. The molecular formula is C23H42N2O4. The van der Waals surface area contributed by atoms with Gasteiger partial charge in [-0.25, -0.2) is 0 Å². The van der Waals surface area contributed by atoms with Crippen LogP contribution in [0.1, 0.15) is 107 Å². The molecule has 0 spiro atoms. The molecule has 0 saturated carbocycles. The largest absolute Gasteiger partial charge is 0.481 e. The van der Waals surface area contributed by atoms with E-state index in [4.69, 9.17) is 0 Å². The normalized spacial score (nSPS) is 26.8. The minimum Gasteiger partial charge on any atom is -0.481 e. The molecule has 6 heteroatoms. The van der Waals surface area contributed by atoms with E-state index in [9.17, 15) is 19.8 Å². The van der Waals surface area contributed by atoms with Crippen molar-refractivity contribution in [3.8, 4) is 0 Å². The quantitative estimate of drug-likeness (QED) is 0.659. The first-order chi connectivity index (χ1) is 13.0. The van der Waals surface area contributed by atoms with E-state index in [2.05, 4.69) is 65.2 Å². The van der Waals surface area contributed by atoms with Crippen LogP contribution in [0.4, 0.5) is 0 Å². The Balaban J connectivity index is 2.86. The lowest BCUT2D eigenvalue weighted by molar-refractivity contribution is -0.244. The van der Waals surface area contributed by atoms with Gasteiger partial charge >= 0.3 is 11.9 Å². The second-order valence-corrected chi connectivity index (χ2v) is 11.8. The highest BCUT2D eigenvalue weighted by atomic mass is 16.4. The number of nitrogens with zero attached hydrogens (tertiary/aromatic N) is 2. The van der Waals surface area contributed by atoms with Crippen LogP contribution in [0.15, 0.2) is 0 Å². The van der Waals surface area contributed by atoms with Crippen LogP contribution in [0, 0.1) is 0 Å². The summed E-state index contributed by atoms with van der Waals surface area (Å²) in [5.41, 5.74) is -2.35. The molecule has 0 unspecified atom stereocenters. The average molecular weight is 411 g/mol. The molecule has 0 atom stereocenters. The van der Waals surface area contributed by atoms with Crippen LogP contribution in [0.25, 0.3) is 0 Å². The van der Waals surface area contributed by atoms with Crippen molar-refractivity contribution in [1.82, 2.24) is 9.80 Å². The first kappa shape index (κ1) is 24.1. The van der Waals surface area contributed by atoms with Gasteiger partial charge in [-0.15, -0.1) is 0 Å². The first-order valence-electron chi connectivity index (χ1n) is 11.0. The fraction of sp³-hybridized carbons (Fsp3) is 0.913. The van der Waals surface area contributed by atoms with E-state index in [0.717, 1.165) is 38.5 Å². The van der Waals surface area contributed by atoms with Gasteiger partial charge in [0.2, 0.25) is 0 Å². The minimum absolute atomic E-state index is 0.209. The molecule has 2 saturated heterocycles. The Morgan fingerprint density at radius 3 is 1.10 bits per heavy atom. The maximum absolute atomic E-state index is 12.3. The van der Waals surface area contributed by atoms with Crippen LogP contribution in [0.3, 0.4) is 0 Å². The number of carboxylic acids is 2. The summed E-state index contributed by atoms with van der Waals surface area (Å²) < 4.78 is 0. The summed E-state index contributed by atoms with van der Waals surface area (Å²) in [6.45, 7) is 17.2. The lowest BCUT2D eigenvalue weighted by atomic mass is 9.70. The highest BCUT2D eigenvalue weighted by molar-refractivity contribution is 5.73. The van der Waals surface area contributed by atoms with Gasteiger partial charge in [0, 0.05) is 22.2 Å². The highest BCUT2D eigenvalue weighted by Crippen LogP contribution is 2.53. The zero-order valence-corrected chi connectivity index (χ0v) is 19.8. The number of hydrogen-bond donors (Lipinski definition) is 2. The van der Waals surface area contributed by atoms with Gasteiger partial charge in [-0.1, -0.05) is 0 Å². The van der Waals surface area contributed by atoms with Crippen LogP contribution in [0.5, 0.6) is 0 Å². The minimum atomic E-state index is -1.11. The van der Waals surface area contributed by atoms with Crippen molar-refractivity contribution in [3.63, 3.8) is 0 Å². The molecule has 0 radical (unpaired) electrons. The fourth-order valence-electron chi connectivity index (χ4n) is 7.21. The molecule has 2 aliphatic heterocycles. The molecule has 0 aliphatic carbocycles.